The maximum Gasteiger partial charge on any atom is 0.136 e. The molecule has 0 aliphatic heterocycles. The lowest BCUT2D eigenvalue weighted by atomic mass is 9.82. The third-order valence-electron chi connectivity index (χ3n) is 13.8. The molecule has 1 aliphatic rings. The molecule has 0 saturated heterocycles. The largest absolute Gasteiger partial charge is 0.456 e. The summed E-state index contributed by atoms with van der Waals surface area (Å²) in [6.45, 7) is 4.71. The molecule has 0 atom stereocenters. The highest BCUT2D eigenvalue weighted by Gasteiger charge is 2.35. The Morgan fingerprint density at radius 2 is 0.889 bits per heavy atom. The summed E-state index contributed by atoms with van der Waals surface area (Å²) >= 11 is 0. The molecule has 12 aromatic rings. The van der Waals surface area contributed by atoms with E-state index in [-0.39, 0.29) is 5.41 Å². The number of rotatable bonds is 5. The Kier molecular flexibility index (Phi) is 7.68. The van der Waals surface area contributed by atoms with Gasteiger partial charge < -0.3 is 9.32 Å². The van der Waals surface area contributed by atoms with Crippen LogP contribution in [-0.2, 0) is 5.41 Å². The van der Waals surface area contributed by atoms with Crippen molar-refractivity contribution in [2.45, 2.75) is 19.3 Å². The van der Waals surface area contributed by atoms with Crippen LogP contribution in [0.1, 0.15) is 25.0 Å². The van der Waals surface area contributed by atoms with Crippen molar-refractivity contribution >= 4 is 82.1 Å². The van der Waals surface area contributed by atoms with Gasteiger partial charge in [0.05, 0.1) is 0 Å². The number of fused-ring (bicyclic) bond motifs is 14. The van der Waals surface area contributed by atoms with Crippen LogP contribution in [-0.4, -0.2) is 0 Å². The second-order valence-corrected chi connectivity index (χ2v) is 17.7. The van der Waals surface area contributed by atoms with Crippen molar-refractivity contribution in [2.75, 3.05) is 4.90 Å². The summed E-state index contributed by atoms with van der Waals surface area (Å²) < 4.78 is 6.39. The number of anilines is 3. The van der Waals surface area contributed by atoms with E-state index in [1.54, 1.807) is 0 Å². The number of furan rings is 1. The van der Waals surface area contributed by atoms with Crippen molar-refractivity contribution in [3.63, 3.8) is 0 Å². The van der Waals surface area contributed by atoms with Gasteiger partial charge in [0.15, 0.2) is 0 Å². The van der Waals surface area contributed by atoms with Gasteiger partial charge in [-0.05, 0) is 149 Å². The highest BCUT2D eigenvalue weighted by molar-refractivity contribution is 6.34. The van der Waals surface area contributed by atoms with Crippen molar-refractivity contribution in [2.24, 2.45) is 0 Å². The Morgan fingerprint density at radius 3 is 1.68 bits per heavy atom. The molecule has 1 aromatic heterocycles. The van der Waals surface area contributed by atoms with E-state index in [1.807, 2.05) is 6.07 Å². The summed E-state index contributed by atoms with van der Waals surface area (Å²) in [7, 11) is 0. The molecule has 2 heteroatoms. The first kappa shape index (κ1) is 35.8. The lowest BCUT2D eigenvalue weighted by Crippen LogP contribution is -2.16. The van der Waals surface area contributed by atoms with E-state index < -0.39 is 0 Å². The maximum absolute atomic E-state index is 6.39. The summed E-state index contributed by atoms with van der Waals surface area (Å²) in [6.07, 6.45) is 0. The van der Waals surface area contributed by atoms with Crippen molar-refractivity contribution in [3.05, 3.63) is 223 Å². The van der Waals surface area contributed by atoms with Gasteiger partial charge in [-0.15, -0.1) is 0 Å². The van der Waals surface area contributed by atoms with E-state index in [1.165, 1.54) is 93.0 Å². The fourth-order valence-electron chi connectivity index (χ4n) is 10.7. The molecule has 1 heterocycles. The predicted molar refractivity (Wildman–Crippen MR) is 267 cm³/mol. The van der Waals surface area contributed by atoms with Gasteiger partial charge in [-0.3, -0.25) is 0 Å². The van der Waals surface area contributed by atoms with Crippen LogP contribution in [0, 0.1) is 0 Å². The molecule has 0 saturated carbocycles. The Balaban J connectivity index is 0.939. The van der Waals surface area contributed by atoms with Gasteiger partial charge in [0.1, 0.15) is 11.2 Å². The van der Waals surface area contributed by atoms with Gasteiger partial charge in [0.25, 0.3) is 0 Å². The van der Waals surface area contributed by atoms with Crippen LogP contribution in [0.25, 0.3) is 98.4 Å². The van der Waals surface area contributed by atoms with Gasteiger partial charge in [0.2, 0.25) is 0 Å². The van der Waals surface area contributed by atoms with Crippen LogP contribution in [0.4, 0.5) is 17.1 Å². The lowest BCUT2D eigenvalue weighted by Gasteiger charge is -2.28. The van der Waals surface area contributed by atoms with Gasteiger partial charge in [-0.2, -0.15) is 0 Å². The molecule has 1 aliphatic carbocycles. The topological polar surface area (TPSA) is 16.4 Å². The minimum absolute atomic E-state index is 0.112. The van der Waals surface area contributed by atoms with Crippen LogP contribution in [0.15, 0.2) is 217 Å². The van der Waals surface area contributed by atoms with Crippen molar-refractivity contribution in [1.29, 1.82) is 0 Å². The molecule has 13 rings (SSSR count). The molecule has 0 fully saturated rings. The Hall–Kier alpha value is -7.94. The van der Waals surface area contributed by atoms with Crippen LogP contribution in [0.5, 0.6) is 0 Å². The summed E-state index contributed by atoms with van der Waals surface area (Å²) in [5, 5.41) is 12.3. The minimum Gasteiger partial charge on any atom is -0.456 e. The lowest BCUT2D eigenvalue weighted by molar-refractivity contribution is 0.660. The number of nitrogens with zero attached hydrogens (tertiary/aromatic N) is 1. The first-order valence-electron chi connectivity index (χ1n) is 21.9. The van der Waals surface area contributed by atoms with Crippen molar-refractivity contribution in [3.8, 4) is 33.4 Å². The Morgan fingerprint density at radius 1 is 0.333 bits per heavy atom. The van der Waals surface area contributed by atoms with E-state index in [4.69, 9.17) is 4.42 Å². The molecule has 0 N–H and O–H groups in total. The van der Waals surface area contributed by atoms with Gasteiger partial charge in [-0.1, -0.05) is 159 Å². The van der Waals surface area contributed by atoms with Crippen LogP contribution < -0.4 is 4.90 Å². The van der Waals surface area contributed by atoms with E-state index >= 15 is 0 Å². The van der Waals surface area contributed by atoms with Gasteiger partial charge in [-0.25, -0.2) is 0 Å². The van der Waals surface area contributed by atoms with Crippen LogP contribution in [0.3, 0.4) is 0 Å². The highest BCUT2D eigenvalue weighted by atomic mass is 16.3. The molecule has 63 heavy (non-hydrogen) atoms. The Labute approximate surface area is 365 Å². The van der Waals surface area contributed by atoms with Crippen LogP contribution >= 0.6 is 0 Å². The average Bonchev–Trinajstić information content (AvgIpc) is 3.83. The zero-order chi connectivity index (χ0) is 41.8. The summed E-state index contributed by atoms with van der Waals surface area (Å²) in [5.41, 5.74) is 15.3. The highest BCUT2D eigenvalue weighted by Crippen LogP contribution is 2.51. The SMILES string of the molecule is CC1(C)c2ccccc2-c2ccc(N(c3ccc(-c4ccc5ccccc5c4)cc3)c3ccc(-c4ccc5c6ccccc6c6c(ccc7oc8ccccc8c76)c5c4)cc3)cc21. The summed E-state index contributed by atoms with van der Waals surface area (Å²) in [4.78, 5) is 2.41. The number of benzene rings is 11. The van der Waals surface area contributed by atoms with Crippen LogP contribution in [0.2, 0.25) is 0 Å². The van der Waals surface area contributed by atoms with E-state index in [0.29, 0.717) is 0 Å². The molecule has 0 unspecified atom stereocenters. The maximum atomic E-state index is 6.39. The normalized spacial score (nSPS) is 13.0. The Bertz CT molecular complexity index is 3810. The predicted octanol–water partition coefficient (Wildman–Crippen LogP) is 17.3. The molecule has 0 bridgehead atoms. The first-order valence-corrected chi connectivity index (χ1v) is 21.9. The average molecular weight is 804 g/mol. The molecule has 2 nitrogen and oxygen atoms in total. The van der Waals surface area contributed by atoms with E-state index in [2.05, 4.69) is 225 Å². The zero-order valence-electron chi connectivity index (χ0n) is 35.1. The molecular formula is C61H41NO. The number of para-hydroxylation sites is 1. The molecule has 11 aromatic carbocycles. The van der Waals surface area contributed by atoms with E-state index in [9.17, 15) is 0 Å². The van der Waals surface area contributed by atoms with Crippen molar-refractivity contribution in [1.82, 2.24) is 0 Å². The summed E-state index contributed by atoms with van der Waals surface area (Å²) in [6, 6.07) is 78.0. The zero-order valence-corrected chi connectivity index (χ0v) is 35.1. The van der Waals surface area contributed by atoms with Crippen molar-refractivity contribution < 1.29 is 4.42 Å². The minimum atomic E-state index is -0.112. The molecule has 0 spiro atoms. The van der Waals surface area contributed by atoms with E-state index in [0.717, 1.165) is 33.6 Å². The molecule has 0 radical (unpaired) electrons. The van der Waals surface area contributed by atoms with Gasteiger partial charge >= 0.3 is 0 Å². The fraction of sp³-hybridized carbons (Fsp3) is 0.0492. The number of hydrogen-bond acceptors (Lipinski definition) is 2. The molecule has 0 amide bonds. The molecular weight excluding hydrogens is 763 g/mol. The van der Waals surface area contributed by atoms with Gasteiger partial charge in [0, 0.05) is 38.6 Å². The first-order chi connectivity index (χ1) is 31.0. The third kappa shape index (κ3) is 5.44. The molecule has 296 valence electrons. The smallest absolute Gasteiger partial charge is 0.136 e. The second-order valence-electron chi connectivity index (χ2n) is 17.7. The second kappa shape index (κ2) is 13.5. The monoisotopic (exact) mass is 803 g/mol. The summed E-state index contributed by atoms with van der Waals surface area (Å²) in [5.74, 6) is 0. The fourth-order valence-corrected chi connectivity index (χ4v) is 10.7. The third-order valence-corrected chi connectivity index (χ3v) is 13.8. The standard InChI is InChI=1S/C61H41NO/c1-61(2)55-17-9-7-14-49(55)50-32-30-46(37-56(50)61)62(44-26-21-39(22-27-44)42-20-19-38-11-3-4-12-41(38)35-42)45-28-23-40(24-29-45)43-25-31-48-47-13-5-6-15-51(47)59-52(54(48)36-43)33-34-58-60(59)53-16-8-10-18-57(53)63-58/h3-37H,1-2H3. The number of hydrogen-bond donors (Lipinski definition) is 0. The quantitative estimate of drug-likeness (QED) is 0.161.